The van der Waals surface area contributed by atoms with Gasteiger partial charge in [-0.3, -0.25) is 4.79 Å². The molecular weight excluding hydrogens is 400 g/mol. The van der Waals surface area contributed by atoms with E-state index in [1.54, 1.807) is 6.92 Å². The van der Waals surface area contributed by atoms with Gasteiger partial charge in [0.05, 0.1) is 6.54 Å². The number of carbonyl (C=O) groups is 3. The highest BCUT2D eigenvalue weighted by molar-refractivity contribution is 5.81. The fourth-order valence-corrected chi connectivity index (χ4v) is 3.59. The van der Waals surface area contributed by atoms with Gasteiger partial charge in [-0.25, -0.2) is 9.59 Å². The summed E-state index contributed by atoms with van der Waals surface area (Å²) < 4.78 is 5.44. The van der Waals surface area contributed by atoms with E-state index in [-0.39, 0.29) is 18.9 Å². The maximum atomic E-state index is 12.2. The first-order valence-corrected chi connectivity index (χ1v) is 10.0. The van der Waals surface area contributed by atoms with Crippen LogP contribution in [0.3, 0.4) is 0 Å². The van der Waals surface area contributed by atoms with E-state index >= 15 is 0 Å². The van der Waals surface area contributed by atoms with Gasteiger partial charge in [-0.05, 0) is 36.1 Å². The highest BCUT2D eigenvalue weighted by Gasteiger charge is 2.31. The van der Waals surface area contributed by atoms with Crippen LogP contribution in [0.25, 0.3) is 11.1 Å². The number of fused-ring (bicyclic) bond motifs is 3. The molecule has 1 unspecified atom stereocenters. The molecule has 4 N–H and O–H groups in total. The first kappa shape index (κ1) is 22.3. The molecule has 0 saturated heterocycles. The summed E-state index contributed by atoms with van der Waals surface area (Å²) in [4.78, 5) is 35.0. The second-order valence-corrected chi connectivity index (χ2v) is 7.93. The number of nitrogens with one attached hydrogen (secondary N) is 2. The van der Waals surface area contributed by atoms with E-state index in [4.69, 9.17) is 9.84 Å². The number of carboxylic acids is 1. The fourth-order valence-electron chi connectivity index (χ4n) is 3.59. The molecule has 2 aromatic rings. The molecule has 8 heteroatoms. The van der Waals surface area contributed by atoms with Crippen LogP contribution >= 0.6 is 0 Å². The van der Waals surface area contributed by atoms with Crippen LogP contribution < -0.4 is 10.6 Å². The van der Waals surface area contributed by atoms with Crippen molar-refractivity contribution >= 4 is 18.0 Å². The molecule has 0 heterocycles. The summed E-state index contributed by atoms with van der Waals surface area (Å²) in [5.74, 6) is -1.99. The number of rotatable bonds is 8. The number of hydrogen-bond acceptors (Lipinski definition) is 5. The Morgan fingerprint density at radius 1 is 1.06 bits per heavy atom. The number of carbonyl (C=O) groups excluding carboxylic acids is 2. The van der Waals surface area contributed by atoms with Crippen molar-refractivity contribution in [3.63, 3.8) is 0 Å². The molecule has 2 amide bonds. The molecule has 0 aliphatic heterocycles. The van der Waals surface area contributed by atoms with Gasteiger partial charge >= 0.3 is 12.1 Å². The van der Waals surface area contributed by atoms with Crippen molar-refractivity contribution in [1.82, 2.24) is 10.6 Å². The summed E-state index contributed by atoms with van der Waals surface area (Å²) in [6, 6.07) is 15.5. The Balaban J connectivity index is 1.50. The zero-order valence-corrected chi connectivity index (χ0v) is 17.4. The molecule has 8 nitrogen and oxygen atoms in total. The molecule has 0 saturated carbocycles. The molecule has 2 atom stereocenters. The number of ether oxygens (including phenoxy) is 1. The van der Waals surface area contributed by atoms with Crippen molar-refractivity contribution in [2.24, 2.45) is 0 Å². The van der Waals surface area contributed by atoms with Crippen LogP contribution in [0.2, 0.25) is 0 Å². The Hall–Kier alpha value is -3.39. The van der Waals surface area contributed by atoms with E-state index in [0.29, 0.717) is 0 Å². The maximum Gasteiger partial charge on any atom is 0.407 e. The normalized spacial score (nSPS) is 15.2. The third-order valence-electron chi connectivity index (χ3n) is 5.29. The summed E-state index contributed by atoms with van der Waals surface area (Å²) in [6.07, 6.45) is -0.723. The maximum absolute atomic E-state index is 12.2. The fraction of sp³-hybridized carbons (Fsp3) is 0.348. The molecule has 1 aliphatic rings. The van der Waals surface area contributed by atoms with Crippen molar-refractivity contribution in [2.45, 2.75) is 37.8 Å². The SMILES string of the molecule is C[C@@H](CC(=O)NCC(C)(O)C(=O)O)NC(=O)OCC1c2ccccc2-c2ccccc21. The van der Waals surface area contributed by atoms with Gasteiger partial charge in [-0.15, -0.1) is 0 Å². The van der Waals surface area contributed by atoms with Crippen LogP contribution in [-0.4, -0.2) is 53.0 Å². The van der Waals surface area contributed by atoms with Crippen LogP contribution in [-0.2, 0) is 14.3 Å². The van der Waals surface area contributed by atoms with Crippen molar-refractivity contribution < 1.29 is 29.3 Å². The van der Waals surface area contributed by atoms with Crippen molar-refractivity contribution in [3.05, 3.63) is 59.7 Å². The number of benzene rings is 2. The summed E-state index contributed by atoms with van der Waals surface area (Å²) in [6.45, 7) is 2.46. The molecule has 0 aromatic heterocycles. The second kappa shape index (κ2) is 9.18. The Morgan fingerprint density at radius 2 is 1.61 bits per heavy atom. The Bertz CT molecular complexity index is 942. The second-order valence-electron chi connectivity index (χ2n) is 7.93. The Kier molecular flexibility index (Phi) is 6.60. The Morgan fingerprint density at radius 3 is 2.16 bits per heavy atom. The molecule has 164 valence electrons. The van der Waals surface area contributed by atoms with Gasteiger partial charge in [0.15, 0.2) is 5.60 Å². The molecule has 0 bridgehead atoms. The molecule has 1 aliphatic carbocycles. The molecule has 31 heavy (non-hydrogen) atoms. The number of alkyl carbamates (subject to hydrolysis) is 1. The zero-order chi connectivity index (χ0) is 22.6. The van der Waals surface area contributed by atoms with E-state index in [1.807, 2.05) is 36.4 Å². The van der Waals surface area contributed by atoms with Crippen LogP contribution in [0.15, 0.2) is 48.5 Å². The molecular formula is C23H26N2O6. The van der Waals surface area contributed by atoms with Crippen molar-refractivity contribution in [2.75, 3.05) is 13.2 Å². The largest absolute Gasteiger partial charge is 0.479 e. The van der Waals surface area contributed by atoms with Gasteiger partial charge < -0.3 is 25.6 Å². The molecule has 3 rings (SSSR count). The third kappa shape index (κ3) is 5.21. The standard InChI is InChI=1S/C23H26N2O6/c1-14(11-20(26)24-13-23(2,30)21(27)28)25-22(29)31-12-19-17-9-5-3-7-15(17)16-8-4-6-10-18(16)19/h3-10,14,19,30H,11-13H2,1-2H3,(H,24,26)(H,25,29)(H,27,28)/t14-,23?/m0/s1. The van der Waals surface area contributed by atoms with Crippen LogP contribution in [0, 0.1) is 0 Å². The summed E-state index contributed by atoms with van der Waals surface area (Å²) in [7, 11) is 0. The van der Waals surface area contributed by atoms with E-state index < -0.39 is 36.2 Å². The number of amides is 2. The van der Waals surface area contributed by atoms with E-state index in [1.165, 1.54) is 0 Å². The average Bonchev–Trinajstić information content (AvgIpc) is 3.04. The van der Waals surface area contributed by atoms with Gasteiger partial charge in [0.1, 0.15) is 6.61 Å². The predicted octanol–water partition coefficient (Wildman–Crippen LogP) is 2.26. The highest BCUT2D eigenvalue weighted by atomic mass is 16.5. The van der Waals surface area contributed by atoms with Gasteiger partial charge in [-0.2, -0.15) is 0 Å². The zero-order valence-electron chi connectivity index (χ0n) is 17.4. The number of carboxylic acid groups (broad SMARTS) is 1. The summed E-state index contributed by atoms with van der Waals surface area (Å²) in [5.41, 5.74) is 2.42. The smallest absolute Gasteiger partial charge is 0.407 e. The van der Waals surface area contributed by atoms with Crippen molar-refractivity contribution in [1.29, 1.82) is 0 Å². The monoisotopic (exact) mass is 426 g/mol. The minimum absolute atomic E-state index is 0.0602. The molecule has 2 aromatic carbocycles. The lowest BCUT2D eigenvalue weighted by Crippen LogP contribution is -2.47. The van der Waals surface area contributed by atoms with E-state index in [9.17, 15) is 19.5 Å². The molecule has 0 spiro atoms. The highest BCUT2D eigenvalue weighted by Crippen LogP contribution is 2.44. The average molecular weight is 426 g/mol. The molecule has 0 fully saturated rings. The van der Waals surface area contributed by atoms with Gasteiger partial charge in [0, 0.05) is 18.4 Å². The van der Waals surface area contributed by atoms with E-state index in [2.05, 4.69) is 22.8 Å². The predicted molar refractivity (Wildman–Crippen MR) is 114 cm³/mol. The summed E-state index contributed by atoms with van der Waals surface area (Å²) in [5, 5.41) is 23.4. The third-order valence-corrected chi connectivity index (χ3v) is 5.29. The molecule has 0 radical (unpaired) electrons. The minimum Gasteiger partial charge on any atom is -0.479 e. The Labute approximate surface area is 180 Å². The first-order chi connectivity index (χ1) is 14.7. The van der Waals surface area contributed by atoms with Crippen LogP contribution in [0.1, 0.15) is 37.3 Å². The van der Waals surface area contributed by atoms with E-state index in [0.717, 1.165) is 29.2 Å². The minimum atomic E-state index is -2.06. The van der Waals surface area contributed by atoms with Gasteiger partial charge in [0.25, 0.3) is 0 Å². The van der Waals surface area contributed by atoms with Gasteiger partial charge in [0.2, 0.25) is 5.91 Å². The lowest BCUT2D eigenvalue weighted by molar-refractivity contribution is -0.156. The number of aliphatic carboxylic acids is 1. The summed E-state index contributed by atoms with van der Waals surface area (Å²) >= 11 is 0. The number of aliphatic hydroxyl groups is 1. The lowest BCUT2D eigenvalue weighted by atomic mass is 9.98. The lowest BCUT2D eigenvalue weighted by Gasteiger charge is -2.20. The number of hydrogen-bond donors (Lipinski definition) is 4. The van der Waals surface area contributed by atoms with Crippen LogP contribution in [0.4, 0.5) is 4.79 Å². The van der Waals surface area contributed by atoms with Crippen molar-refractivity contribution in [3.8, 4) is 11.1 Å². The van der Waals surface area contributed by atoms with Crippen LogP contribution in [0.5, 0.6) is 0 Å². The quantitative estimate of drug-likeness (QED) is 0.513. The van der Waals surface area contributed by atoms with Gasteiger partial charge in [-0.1, -0.05) is 48.5 Å². The first-order valence-electron chi connectivity index (χ1n) is 10.0. The topological polar surface area (TPSA) is 125 Å².